The monoisotopic (exact) mass is 363 g/mol. The first-order valence-corrected chi connectivity index (χ1v) is 9.27. The lowest BCUT2D eigenvalue weighted by Gasteiger charge is -2.15. The van der Waals surface area contributed by atoms with Gasteiger partial charge in [-0.1, -0.05) is 6.92 Å². The van der Waals surface area contributed by atoms with Gasteiger partial charge in [-0.2, -0.15) is 5.26 Å². The molecule has 0 radical (unpaired) electrons. The Morgan fingerprint density at radius 3 is 2.81 bits per heavy atom. The molecule has 5 nitrogen and oxygen atoms in total. The Labute approximate surface area is 157 Å². The molecule has 0 saturated heterocycles. The number of nitrogens with zero attached hydrogens (tertiary/aromatic N) is 3. The van der Waals surface area contributed by atoms with Crippen molar-refractivity contribution in [1.82, 2.24) is 9.55 Å². The average Bonchev–Trinajstić information content (AvgIpc) is 3.43. The van der Waals surface area contributed by atoms with Crippen LogP contribution in [0.3, 0.4) is 0 Å². The van der Waals surface area contributed by atoms with E-state index in [4.69, 9.17) is 5.26 Å². The second-order valence-corrected chi connectivity index (χ2v) is 7.15. The molecule has 2 aromatic carbocycles. The van der Waals surface area contributed by atoms with Crippen LogP contribution in [-0.2, 0) is 13.5 Å². The SMILES string of the molecule is CCc1cc(C#N)cc(F)c1Nc1cc(NCC2CC2)c2ncn(C)c2c1. The fraction of sp³-hybridized carbons (Fsp3) is 0.333. The number of halogens is 1. The number of nitrogens with one attached hydrogen (secondary N) is 2. The molecular formula is C21H22FN5. The summed E-state index contributed by atoms with van der Waals surface area (Å²) in [5, 5.41) is 15.8. The molecule has 138 valence electrons. The highest BCUT2D eigenvalue weighted by atomic mass is 19.1. The quantitative estimate of drug-likeness (QED) is 0.665. The third kappa shape index (κ3) is 3.45. The van der Waals surface area contributed by atoms with Crippen LogP contribution in [0.1, 0.15) is 30.9 Å². The topological polar surface area (TPSA) is 65.7 Å². The van der Waals surface area contributed by atoms with Crippen LogP contribution in [0.15, 0.2) is 30.6 Å². The second kappa shape index (κ2) is 6.92. The number of hydrogen-bond donors (Lipinski definition) is 2. The molecule has 1 fully saturated rings. The molecular weight excluding hydrogens is 341 g/mol. The largest absolute Gasteiger partial charge is 0.383 e. The summed E-state index contributed by atoms with van der Waals surface area (Å²) in [6.07, 6.45) is 4.96. The maximum Gasteiger partial charge on any atom is 0.148 e. The molecule has 27 heavy (non-hydrogen) atoms. The fourth-order valence-corrected chi connectivity index (χ4v) is 3.30. The van der Waals surface area contributed by atoms with Gasteiger partial charge in [0.15, 0.2) is 0 Å². The smallest absolute Gasteiger partial charge is 0.148 e. The standard InChI is InChI=1S/C21H22FN5/c1-3-15-6-14(10-23)7-17(22)20(15)26-16-8-18(24-11-13-4-5-13)21-19(9-16)27(2)12-25-21/h6-9,12-13,24,26H,3-5,11H2,1-2H3. The Kier molecular flexibility index (Phi) is 4.44. The van der Waals surface area contributed by atoms with Crippen LogP contribution in [-0.4, -0.2) is 16.1 Å². The van der Waals surface area contributed by atoms with Crippen molar-refractivity contribution in [3.63, 3.8) is 0 Å². The van der Waals surface area contributed by atoms with E-state index in [-0.39, 0.29) is 0 Å². The van der Waals surface area contributed by atoms with Crippen LogP contribution in [0.4, 0.5) is 21.5 Å². The molecule has 6 heteroatoms. The van der Waals surface area contributed by atoms with Crippen LogP contribution in [0.25, 0.3) is 11.0 Å². The normalized spacial score (nSPS) is 13.6. The highest BCUT2D eigenvalue weighted by Crippen LogP contribution is 2.34. The fourth-order valence-electron chi connectivity index (χ4n) is 3.30. The van der Waals surface area contributed by atoms with E-state index in [1.54, 1.807) is 12.4 Å². The van der Waals surface area contributed by atoms with Gasteiger partial charge in [-0.05, 0) is 55.0 Å². The van der Waals surface area contributed by atoms with Crippen molar-refractivity contribution >= 4 is 28.1 Å². The van der Waals surface area contributed by atoms with Gasteiger partial charge in [0.2, 0.25) is 0 Å². The number of hydrogen-bond acceptors (Lipinski definition) is 4. The molecule has 0 aliphatic heterocycles. The van der Waals surface area contributed by atoms with E-state index in [0.29, 0.717) is 17.7 Å². The number of anilines is 3. The van der Waals surface area contributed by atoms with E-state index in [2.05, 4.69) is 15.6 Å². The lowest BCUT2D eigenvalue weighted by atomic mass is 10.1. The molecule has 0 unspecified atom stereocenters. The highest BCUT2D eigenvalue weighted by molar-refractivity contribution is 5.93. The molecule has 1 aromatic heterocycles. The third-order valence-corrected chi connectivity index (χ3v) is 5.06. The summed E-state index contributed by atoms with van der Waals surface area (Å²) in [5.41, 5.74) is 5.18. The molecule has 3 aromatic rings. The predicted octanol–water partition coefficient (Wildman–Crippen LogP) is 4.71. The Morgan fingerprint density at radius 1 is 1.30 bits per heavy atom. The summed E-state index contributed by atoms with van der Waals surface area (Å²) in [6, 6.07) is 8.98. The van der Waals surface area contributed by atoms with E-state index >= 15 is 0 Å². The zero-order valence-electron chi connectivity index (χ0n) is 15.5. The number of aryl methyl sites for hydroxylation is 2. The van der Waals surface area contributed by atoms with Gasteiger partial charge in [0.05, 0.1) is 34.9 Å². The third-order valence-electron chi connectivity index (χ3n) is 5.06. The van der Waals surface area contributed by atoms with Gasteiger partial charge in [-0.25, -0.2) is 9.37 Å². The Balaban J connectivity index is 1.73. The summed E-state index contributed by atoms with van der Waals surface area (Å²) in [4.78, 5) is 4.50. The molecule has 0 amide bonds. The molecule has 0 bridgehead atoms. The lowest BCUT2D eigenvalue weighted by Crippen LogP contribution is -2.05. The minimum Gasteiger partial charge on any atom is -0.383 e. The second-order valence-electron chi connectivity index (χ2n) is 7.15. The lowest BCUT2D eigenvalue weighted by molar-refractivity contribution is 0.629. The number of imidazole rings is 1. The van der Waals surface area contributed by atoms with Crippen LogP contribution in [0.2, 0.25) is 0 Å². The van der Waals surface area contributed by atoms with Gasteiger partial charge in [-0.3, -0.25) is 0 Å². The Hall–Kier alpha value is -3.07. The first kappa shape index (κ1) is 17.3. The first-order chi connectivity index (χ1) is 13.1. The van der Waals surface area contributed by atoms with Crippen molar-refractivity contribution in [2.45, 2.75) is 26.2 Å². The van der Waals surface area contributed by atoms with Crippen molar-refractivity contribution < 1.29 is 4.39 Å². The molecule has 4 rings (SSSR count). The van der Waals surface area contributed by atoms with E-state index in [1.165, 1.54) is 18.9 Å². The average molecular weight is 363 g/mol. The zero-order valence-corrected chi connectivity index (χ0v) is 15.5. The van der Waals surface area contributed by atoms with Gasteiger partial charge >= 0.3 is 0 Å². The van der Waals surface area contributed by atoms with E-state index in [0.717, 1.165) is 40.4 Å². The van der Waals surface area contributed by atoms with Gasteiger partial charge in [0.1, 0.15) is 11.3 Å². The van der Waals surface area contributed by atoms with E-state index < -0.39 is 5.82 Å². The number of nitriles is 1. The van der Waals surface area contributed by atoms with Crippen molar-refractivity contribution in [1.29, 1.82) is 5.26 Å². The Bertz CT molecular complexity index is 1040. The maximum atomic E-state index is 14.6. The highest BCUT2D eigenvalue weighted by Gasteiger charge is 2.21. The summed E-state index contributed by atoms with van der Waals surface area (Å²) >= 11 is 0. The van der Waals surface area contributed by atoms with Crippen LogP contribution in [0.5, 0.6) is 0 Å². The molecule has 1 aliphatic rings. The summed E-state index contributed by atoms with van der Waals surface area (Å²) in [7, 11) is 1.95. The Morgan fingerprint density at radius 2 is 2.11 bits per heavy atom. The van der Waals surface area contributed by atoms with E-state index in [1.807, 2.05) is 36.7 Å². The minimum atomic E-state index is -0.413. The first-order valence-electron chi connectivity index (χ1n) is 9.27. The maximum absolute atomic E-state index is 14.6. The number of benzene rings is 2. The van der Waals surface area contributed by atoms with Crippen molar-refractivity contribution in [2.75, 3.05) is 17.2 Å². The number of aromatic nitrogens is 2. The van der Waals surface area contributed by atoms with Gasteiger partial charge < -0.3 is 15.2 Å². The summed E-state index contributed by atoms with van der Waals surface area (Å²) in [5.74, 6) is 0.325. The molecule has 1 heterocycles. The van der Waals surface area contributed by atoms with Crippen molar-refractivity contribution in [3.8, 4) is 6.07 Å². The van der Waals surface area contributed by atoms with Crippen LogP contribution in [0, 0.1) is 23.1 Å². The molecule has 2 N–H and O–H groups in total. The molecule has 0 spiro atoms. The zero-order chi connectivity index (χ0) is 19.0. The van der Waals surface area contributed by atoms with Gasteiger partial charge in [0, 0.05) is 19.3 Å². The molecule has 1 aliphatic carbocycles. The van der Waals surface area contributed by atoms with Crippen LogP contribution >= 0.6 is 0 Å². The van der Waals surface area contributed by atoms with Crippen molar-refractivity contribution in [3.05, 3.63) is 47.5 Å². The van der Waals surface area contributed by atoms with Crippen molar-refractivity contribution in [2.24, 2.45) is 13.0 Å². The minimum absolute atomic E-state index is 0.337. The van der Waals surface area contributed by atoms with Gasteiger partial charge in [0.25, 0.3) is 0 Å². The van der Waals surface area contributed by atoms with Crippen LogP contribution < -0.4 is 10.6 Å². The number of fused-ring (bicyclic) bond motifs is 1. The molecule has 1 saturated carbocycles. The summed E-state index contributed by atoms with van der Waals surface area (Å²) < 4.78 is 16.6. The summed E-state index contributed by atoms with van der Waals surface area (Å²) in [6.45, 7) is 2.88. The number of rotatable bonds is 6. The van der Waals surface area contributed by atoms with E-state index in [9.17, 15) is 4.39 Å². The predicted molar refractivity (Wildman–Crippen MR) is 106 cm³/mol. The molecule has 0 atom stereocenters. The van der Waals surface area contributed by atoms with Gasteiger partial charge in [-0.15, -0.1) is 0 Å².